The number of nitrogens with zero attached hydrogens (tertiary/aromatic N) is 3. The lowest BCUT2D eigenvalue weighted by Crippen LogP contribution is -2.41. The second kappa shape index (κ2) is 3.40. The quantitative estimate of drug-likeness (QED) is 0.707. The highest BCUT2D eigenvalue weighted by molar-refractivity contribution is 7.78. The molecule has 1 radical (unpaired) electrons. The van der Waals surface area contributed by atoms with Crippen LogP contribution in [0.5, 0.6) is 0 Å². The van der Waals surface area contributed by atoms with Gasteiger partial charge in [-0.1, -0.05) is 30.4 Å². The summed E-state index contributed by atoms with van der Waals surface area (Å²) in [4.78, 5) is 0. The molecule has 13 heavy (non-hydrogen) atoms. The van der Waals surface area contributed by atoms with Crippen molar-refractivity contribution in [2.24, 2.45) is 5.10 Å². The summed E-state index contributed by atoms with van der Waals surface area (Å²) in [7, 11) is 0. The van der Waals surface area contributed by atoms with Gasteiger partial charge in [-0.3, -0.25) is 0 Å². The van der Waals surface area contributed by atoms with Gasteiger partial charge in [-0.05, 0) is 12.1 Å². The number of nitrogens with one attached hydrogen (secondary N) is 1. The standard InChI is InChI=1S/C8H7N4S/c13-7-12-10-9-6-11(12)8-4-2-1-3-5-8/h1-6,10H. The van der Waals surface area contributed by atoms with Crippen LogP contribution < -0.4 is 10.5 Å². The summed E-state index contributed by atoms with van der Waals surface area (Å²) >= 11 is 4.68. The van der Waals surface area contributed by atoms with Crippen molar-refractivity contribution in [1.29, 1.82) is 0 Å². The molecule has 1 heterocycles. The molecule has 0 saturated heterocycles. The molecule has 0 unspecified atom stereocenters. The van der Waals surface area contributed by atoms with Crippen LogP contribution in [0.25, 0.3) is 0 Å². The number of hydrazone groups is 1. The third-order valence-electron chi connectivity index (χ3n) is 1.64. The average Bonchev–Trinajstić information content (AvgIpc) is 2.67. The highest BCUT2D eigenvalue weighted by Crippen LogP contribution is 2.13. The molecule has 0 saturated carbocycles. The molecule has 0 amide bonds. The van der Waals surface area contributed by atoms with Crippen molar-refractivity contribution >= 4 is 29.7 Å². The number of benzene rings is 1. The van der Waals surface area contributed by atoms with Crippen LogP contribution in [0.15, 0.2) is 35.4 Å². The zero-order valence-electron chi connectivity index (χ0n) is 6.71. The Balaban J connectivity index is 2.26. The number of hydrazine groups is 2. The molecule has 1 aromatic carbocycles. The fourth-order valence-corrected chi connectivity index (χ4v) is 1.19. The van der Waals surface area contributed by atoms with Gasteiger partial charge in [0.1, 0.15) is 6.34 Å². The number of anilines is 1. The van der Waals surface area contributed by atoms with Gasteiger partial charge < -0.3 is 0 Å². The third-order valence-corrected chi connectivity index (χ3v) is 1.82. The minimum atomic E-state index is 0.980. The summed E-state index contributed by atoms with van der Waals surface area (Å²) < 4.78 is 0. The molecule has 1 aliphatic rings. The molecule has 0 fully saturated rings. The van der Waals surface area contributed by atoms with E-state index in [0.717, 1.165) is 5.69 Å². The van der Waals surface area contributed by atoms with Crippen LogP contribution in [-0.2, 0) is 0 Å². The van der Waals surface area contributed by atoms with Crippen molar-refractivity contribution in [1.82, 2.24) is 10.7 Å². The number of hydrogen-bond acceptors (Lipinski definition) is 4. The van der Waals surface area contributed by atoms with Crippen LogP contribution in [0.4, 0.5) is 5.69 Å². The van der Waals surface area contributed by atoms with Gasteiger partial charge in [0.25, 0.3) is 0 Å². The van der Waals surface area contributed by atoms with Crippen molar-refractivity contribution in [2.75, 3.05) is 5.01 Å². The number of thiocarbonyl (C=S) groups is 1. The van der Waals surface area contributed by atoms with Crippen molar-refractivity contribution in [3.8, 4) is 0 Å². The van der Waals surface area contributed by atoms with E-state index < -0.39 is 0 Å². The van der Waals surface area contributed by atoms with Crippen molar-refractivity contribution in [3.05, 3.63) is 30.3 Å². The topological polar surface area (TPSA) is 30.9 Å². The van der Waals surface area contributed by atoms with Crippen LogP contribution in [0.3, 0.4) is 0 Å². The molecule has 0 atom stereocenters. The van der Waals surface area contributed by atoms with Gasteiger partial charge in [-0.2, -0.15) is 10.7 Å². The maximum absolute atomic E-state index is 4.68. The first-order valence-electron chi connectivity index (χ1n) is 3.73. The third kappa shape index (κ3) is 1.46. The molecule has 4 nitrogen and oxygen atoms in total. The van der Waals surface area contributed by atoms with E-state index in [-0.39, 0.29) is 0 Å². The Hall–Kier alpha value is -1.62. The van der Waals surface area contributed by atoms with E-state index in [1.165, 1.54) is 5.12 Å². The van der Waals surface area contributed by atoms with Crippen LogP contribution in [0, 0.1) is 0 Å². The highest BCUT2D eigenvalue weighted by Gasteiger charge is 2.15. The van der Waals surface area contributed by atoms with Crippen molar-refractivity contribution in [3.63, 3.8) is 0 Å². The zero-order valence-corrected chi connectivity index (χ0v) is 7.53. The Kier molecular flexibility index (Phi) is 2.09. The maximum Gasteiger partial charge on any atom is 0.185 e. The van der Waals surface area contributed by atoms with Gasteiger partial charge in [0.15, 0.2) is 5.49 Å². The summed E-state index contributed by atoms with van der Waals surface area (Å²) in [5.41, 5.74) is 6.17. The van der Waals surface area contributed by atoms with Crippen molar-refractivity contribution < 1.29 is 0 Å². The predicted molar refractivity (Wildman–Crippen MR) is 55.0 cm³/mol. The van der Waals surface area contributed by atoms with Crippen LogP contribution in [-0.4, -0.2) is 16.9 Å². The van der Waals surface area contributed by atoms with E-state index in [1.807, 2.05) is 30.3 Å². The lowest BCUT2D eigenvalue weighted by atomic mass is 10.3. The molecule has 0 spiro atoms. The van der Waals surface area contributed by atoms with Crippen LogP contribution >= 0.6 is 12.2 Å². The molecule has 2 rings (SSSR count). The maximum atomic E-state index is 4.68. The Morgan fingerprint density at radius 1 is 1.31 bits per heavy atom. The minimum absolute atomic E-state index is 0.980. The predicted octanol–water partition coefficient (Wildman–Crippen LogP) is 1.01. The van der Waals surface area contributed by atoms with E-state index in [1.54, 1.807) is 11.3 Å². The molecular formula is C8H7N4S. The van der Waals surface area contributed by atoms with E-state index in [2.05, 4.69) is 28.3 Å². The largest absolute Gasteiger partial charge is 0.220 e. The van der Waals surface area contributed by atoms with Gasteiger partial charge in [0.2, 0.25) is 0 Å². The lowest BCUT2D eigenvalue weighted by molar-refractivity contribution is 0.377. The van der Waals surface area contributed by atoms with Gasteiger partial charge in [-0.25, -0.2) is 5.01 Å². The first-order valence-corrected chi connectivity index (χ1v) is 4.13. The number of rotatable bonds is 2. The SMILES string of the molecule is S=[C]N1NN=CN1c1ccccc1. The van der Waals surface area contributed by atoms with Gasteiger partial charge in [-0.15, -0.1) is 5.10 Å². The van der Waals surface area contributed by atoms with Crippen LogP contribution in [0.2, 0.25) is 0 Å². The second-order valence-electron chi connectivity index (χ2n) is 2.43. The number of para-hydroxylation sites is 1. The van der Waals surface area contributed by atoms with E-state index in [0.29, 0.717) is 0 Å². The van der Waals surface area contributed by atoms with E-state index in [9.17, 15) is 0 Å². The normalized spacial score (nSPS) is 14.5. The first-order chi connectivity index (χ1) is 6.42. The molecule has 65 valence electrons. The average molecular weight is 191 g/mol. The van der Waals surface area contributed by atoms with E-state index in [4.69, 9.17) is 0 Å². The monoisotopic (exact) mass is 191 g/mol. The minimum Gasteiger partial charge on any atom is -0.220 e. The van der Waals surface area contributed by atoms with Gasteiger partial charge in [0, 0.05) is 0 Å². The Bertz CT molecular complexity index is 324. The molecule has 1 N–H and O–H groups in total. The highest BCUT2D eigenvalue weighted by atomic mass is 32.1. The molecule has 1 aliphatic heterocycles. The Morgan fingerprint density at radius 2 is 2.08 bits per heavy atom. The molecule has 5 heteroatoms. The smallest absolute Gasteiger partial charge is 0.185 e. The van der Waals surface area contributed by atoms with Gasteiger partial charge >= 0.3 is 0 Å². The Morgan fingerprint density at radius 3 is 2.77 bits per heavy atom. The summed E-state index contributed by atoms with van der Waals surface area (Å²) in [6, 6.07) is 9.76. The van der Waals surface area contributed by atoms with Gasteiger partial charge in [0.05, 0.1) is 5.69 Å². The molecule has 0 bridgehead atoms. The zero-order chi connectivity index (χ0) is 9.10. The fourth-order valence-electron chi connectivity index (χ4n) is 1.06. The fraction of sp³-hybridized carbons (Fsp3) is 0. The van der Waals surface area contributed by atoms with Crippen molar-refractivity contribution in [2.45, 2.75) is 0 Å². The number of hydrogen-bond donors (Lipinski definition) is 1. The second-order valence-corrected chi connectivity index (χ2v) is 2.61. The van der Waals surface area contributed by atoms with Crippen LogP contribution in [0.1, 0.15) is 0 Å². The molecule has 0 aliphatic carbocycles. The van der Waals surface area contributed by atoms with E-state index >= 15 is 0 Å². The molecule has 1 aromatic rings. The summed E-state index contributed by atoms with van der Waals surface area (Å²) in [5.74, 6) is 0. The summed E-state index contributed by atoms with van der Waals surface area (Å²) in [6.45, 7) is 0. The lowest BCUT2D eigenvalue weighted by Gasteiger charge is -2.22. The first kappa shape index (κ1) is 8.00. The summed E-state index contributed by atoms with van der Waals surface area (Å²) in [5, 5.41) is 7.09. The summed E-state index contributed by atoms with van der Waals surface area (Å²) in [6.07, 6.45) is 1.63. The Labute approximate surface area is 81.4 Å². The molecular weight excluding hydrogens is 184 g/mol. The molecule has 0 aromatic heterocycles.